The van der Waals surface area contributed by atoms with E-state index in [9.17, 15) is 14.4 Å². The van der Waals surface area contributed by atoms with Gasteiger partial charge in [0.05, 0.1) is 6.54 Å². The van der Waals surface area contributed by atoms with Crippen LogP contribution in [0.1, 0.15) is 116 Å². The largest absolute Gasteiger partial charge is 0.347 e. The number of ketones is 1. The molecule has 31 heavy (non-hydrogen) atoms. The summed E-state index contributed by atoms with van der Waals surface area (Å²) in [4.78, 5) is 40.8. The SMILES string of the molecule is O=C(CNC(=O)C1CCCN1C(=O)C1CCCCCCCC1)C1CCCCCCCC1. The summed E-state index contributed by atoms with van der Waals surface area (Å²) in [6, 6.07) is -0.381. The van der Waals surface area contributed by atoms with Crippen molar-refractivity contribution in [2.75, 3.05) is 13.1 Å². The van der Waals surface area contributed by atoms with E-state index in [0.29, 0.717) is 6.54 Å². The highest BCUT2D eigenvalue weighted by atomic mass is 16.2. The lowest BCUT2D eigenvalue weighted by atomic mass is 9.92. The van der Waals surface area contributed by atoms with Crippen molar-refractivity contribution in [3.05, 3.63) is 0 Å². The predicted molar refractivity (Wildman–Crippen MR) is 124 cm³/mol. The number of nitrogens with zero attached hydrogens (tertiary/aromatic N) is 1. The fourth-order valence-corrected chi connectivity index (χ4v) is 5.81. The van der Waals surface area contributed by atoms with Crippen LogP contribution in [0.5, 0.6) is 0 Å². The average molecular weight is 433 g/mol. The topological polar surface area (TPSA) is 66.5 Å². The molecule has 176 valence electrons. The first-order valence-electron chi connectivity index (χ1n) is 13.3. The molecule has 5 heteroatoms. The van der Waals surface area contributed by atoms with Crippen molar-refractivity contribution >= 4 is 17.6 Å². The Kier molecular flexibility index (Phi) is 10.3. The maximum atomic E-state index is 13.3. The minimum atomic E-state index is -0.381. The lowest BCUT2D eigenvalue weighted by molar-refractivity contribution is -0.142. The number of hydrogen-bond acceptors (Lipinski definition) is 3. The van der Waals surface area contributed by atoms with Crippen LogP contribution in [-0.4, -0.2) is 41.6 Å². The van der Waals surface area contributed by atoms with Crippen LogP contribution in [0.4, 0.5) is 0 Å². The molecule has 1 saturated heterocycles. The van der Waals surface area contributed by atoms with Crippen LogP contribution in [0, 0.1) is 11.8 Å². The molecular formula is C26H44N2O3. The zero-order valence-corrected chi connectivity index (χ0v) is 19.5. The Balaban J connectivity index is 1.50. The van der Waals surface area contributed by atoms with Crippen molar-refractivity contribution in [2.24, 2.45) is 11.8 Å². The van der Waals surface area contributed by atoms with Crippen molar-refractivity contribution in [3.8, 4) is 0 Å². The number of Topliss-reactive ketones (excluding diaryl/α,β-unsaturated/α-hetero) is 1. The van der Waals surface area contributed by atoms with E-state index in [1.807, 2.05) is 4.90 Å². The molecular weight excluding hydrogens is 388 g/mol. The molecule has 1 unspecified atom stereocenters. The molecule has 3 aliphatic rings. The molecule has 3 rings (SSSR count). The van der Waals surface area contributed by atoms with E-state index in [1.165, 1.54) is 51.4 Å². The highest BCUT2D eigenvalue weighted by Gasteiger charge is 2.37. The van der Waals surface area contributed by atoms with Crippen molar-refractivity contribution in [3.63, 3.8) is 0 Å². The lowest BCUT2D eigenvalue weighted by Gasteiger charge is -2.28. The highest BCUT2D eigenvalue weighted by molar-refractivity contribution is 5.92. The molecule has 3 fully saturated rings. The second kappa shape index (κ2) is 13.2. The number of carbonyl (C=O) groups excluding carboxylic acids is 3. The van der Waals surface area contributed by atoms with Crippen LogP contribution in [0.3, 0.4) is 0 Å². The number of amides is 2. The minimum absolute atomic E-state index is 0.0759. The maximum Gasteiger partial charge on any atom is 0.243 e. The molecule has 0 aromatic heterocycles. The van der Waals surface area contributed by atoms with Crippen LogP contribution in [0.2, 0.25) is 0 Å². The summed E-state index contributed by atoms with van der Waals surface area (Å²) in [6.07, 6.45) is 19.9. The Morgan fingerprint density at radius 1 is 0.613 bits per heavy atom. The molecule has 0 aromatic rings. The monoisotopic (exact) mass is 432 g/mol. The van der Waals surface area contributed by atoms with Crippen molar-refractivity contribution in [1.29, 1.82) is 0 Å². The van der Waals surface area contributed by atoms with E-state index in [0.717, 1.165) is 64.2 Å². The first-order chi connectivity index (χ1) is 15.2. The quantitative estimate of drug-likeness (QED) is 0.652. The standard InChI is InChI=1S/C26H44N2O3/c29-24(21-14-9-5-1-2-6-10-15-21)20-27-25(30)23-18-13-19-28(23)26(31)22-16-11-7-3-4-8-12-17-22/h21-23H,1-20H2,(H,27,30). The Morgan fingerprint density at radius 2 is 1.10 bits per heavy atom. The van der Waals surface area contributed by atoms with E-state index in [-0.39, 0.29) is 42.0 Å². The summed E-state index contributed by atoms with van der Waals surface area (Å²) in [7, 11) is 0. The fraction of sp³-hybridized carbons (Fsp3) is 0.885. The average Bonchev–Trinajstić information content (AvgIpc) is 3.34. The summed E-state index contributed by atoms with van der Waals surface area (Å²) < 4.78 is 0. The van der Waals surface area contributed by atoms with Gasteiger partial charge in [-0.15, -0.1) is 0 Å². The zero-order chi connectivity index (χ0) is 21.9. The Morgan fingerprint density at radius 3 is 1.65 bits per heavy atom. The van der Waals surface area contributed by atoms with Gasteiger partial charge in [-0.05, 0) is 38.5 Å². The molecule has 0 aromatic carbocycles. The summed E-state index contributed by atoms with van der Waals surface area (Å²) in [5.74, 6) is 0.417. The van der Waals surface area contributed by atoms with Gasteiger partial charge in [-0.2, -0.15) is 0 Å². The number of nitrogens with one attached hydrogen (secondary N) is 1. The van der Waals surface area contributed by atoms with Crippen LogP contribution in [0.15, 0.2) is 0 Å². The van der Waals surface area contributed by atoms with Crippen molar-refractivity contribution < 1.29 is 14.4 Å². The molecule has 0 spiro atoms. The molecule has 2 saturated carbocycles. The molecule has 2 amide bonds. The zero-order valence-electron chi connectivity index (χ0n) is 19.5. The Labute approximate surface area is 189 Å². The molecule has 1 heterocycles. The van der Waals surface area contributed by atoms with Gasteiger partial charge in [-0.3, -0.25) is 14.4 Å². The smallest absolute Gasteiger partial charge is 0.243 e. The Bertz CT molecular complexity index is 571. The Hall–Kier alpha value is -1.39. The first-order valence-corrected chi connectivity index (χ1v) is 13.3. The summed E-state index contributed by atoms with van der Waals surface area (Å²) in [6.45, 7) is 0.815. The van der Waals surface area contributed by atoms with Crippen molar-refractivity contribution in [2.45, 2.75) is 122 Å². The fourth-order valence-electron chi connectivity index (χ4n) is 5.81. The predicted octanol–water partition coefficient (Wildman–Crippen LogP) is 5.16. The second-order valence-corrected chi connectivity index (χ2v) is 10.2. The summed E-state index contributed by atoms with van der Waals surface area (Å²) >= 11 is 0. The van der Waals surface area contributed by atoms with Crippen LogP contribution < -0.4 is 5.32 Å². The molecule has 2 aliphatic carbocycles. The number of carbonyl (C=O) groups is 3. The van der Waals surface area contributed by atoms with Crippen molar-refractivity contribution in [1.82, 2.24) is 10.2 Å². The van der Waals surface area contributed by atoms with Gasteiger partial charge in [0.1, 0.15) is 6.04 Å². The van der Waals surface area contributed by atoms with Crippen LogP contribution >= 0.6 is 0 Å². The summed E-state index contributed by atoms with van der Waals surface area (Å²) in [5, 5.41) is 2.91. The molecule has 1 aliphatic heterocycles. The summed E-state index contributed by atoms with van der Waals surface area (Å²) in [5.41, 5.74) is 0. The number of likely N-dealkylation sites (tertiary alicyclic amines) is 1. The molecule has 0 radical (unpaired) electrons. The third-order valence-corrected chi connectivity index (χ3v) is 7.79. The third kappa shape index (κ3) is 7.61. The molecule has 5 nitrogen and oxygen atoms in total. The number of hydrogen-bond donors (Lipinski definition) is 1. The van der Waals surface area contributed by atoms with Gasteiger partial charge in [-0.1, -0.05) is 77.0 Å². The molecule has 0 bridgehead atoms. The van der Waals surface area contributed by atoms with Gasteiger partial charge in [-0.25, -0.2) is 0 Å². The van der Waals surface area contributed by atoms with E-state index in [2.05, 4.69) is 5.32 Å². The van der Waals surface area contributed by atoms with E-state index in [4.69, 9.17) is 0 Å². The van der Waals surface area contributed by atoms with Crippen LogP contribution in [-0.2, 0) is 14.4 Å². The van der Waals surface area contributed by atoms with E-state index >= 15 is 0 Å². The minimum Gasteiger partial charge on any atom is -0.347 e. The first kappa shape index (κ1) is 24.3. The molecule has 1 N–H and O–H groups in total. The van der Waals surface area contributed by atoms with Gasteiger partial charge in [0.25, 0.3) is 0 Å². The highest BCUT2D eigenvalue weighted by Crippen LogP contribution is 2.28. The van der Waals surface area contributed by atoms with Gasteiger partial charge in [0.2, 0.25) is 11.8 Å². The van der Waals surface area contributed by atoms with Crippen LogP contribution in [0.25, 0.3) is 0 Å². The van der Waals surface area contributed by atoms with E-state index in [1.54, 1.807) is 0 Å². The van der Waals surface area contributed by atoms with E-state index < -0.39 is 0 Å². The number of rotatable bonds is 5. The van der Waals surface area contributed by atoms with Gasteiger partial charge in [0, 0.05) is 18.4 Å². The maximum absolute atomic E-state index is 13.3. The third-order valence-electron chi connectivity index (χ3n) is 7.79. The normalized spacial score (nSPS) is 25.4. The second-order valence-electron chi connectivity index (χ2n) is 10.2. The van der Waals surface area contributed by atoms with Gasteiger partial charge >= 0.3 is 0 Å². The lowest BCUT2D eigenvalue weighted by Crippen LogP contribution is -2.49. The van der Waals surface area contributed by atoms with Gasteiger partial charge < -0.3 is 10.2 Å². The molecule has 1 atom stereocenters. The van der Waals surface area contributed by atoms with Gasteiger partial charge in [0.15, 0.2) is 5.78 Å².